The maximum Gasteiger partial charge on any atom is 0.409 e. The molecule has 12 heavy (non-hydrogen) atoms. The van der Waals surface area contributed by atoms with Gasteiger partial charge in [0.25, 0.3) is 0 Å². The number of carboxylic acid groups (broad SMARTS) is 1. The number of likely N-dealkylation sites (N-methyl/N-ethyl adjacent to an activating group) is 1. The highest BCUT2D eigenvalue weighted by Gasteiger charge is 2.15. The van der Waals surface area contributed by atoms with Crippen molar-refractivity contribution in [2.24, 2.45) is 0 Å². The van der Waals surface area contributed by atoms with Crippen molar-refractivity contribution >= 4 is 6.09 Å². The van der Waals surface area contributed by atoms with Crippen LogP contribution in [0.5, 0.6) is 0 Å². The maximum atomic E-state index is 10.5. The first-order valence-corrected chi connectivity index (χ1v) is 3.77. The SMILES string of the molecule is CC(O)N(CCN(C)C)C(=O)O. The topological polar surface area (TPSA) is 64.0 Å². The van der Waals surface area contributed by atoms with E-state index in [0.717, 1.165) is 4.90 Å². The van der Waals surface area contributed by atoms with Crippen LogP contribution in [0.15, 0.2) is 0 Å². The summed E-state index contributed by atoms with van der Waals surface area (Å²) in [6, 6.07) is 0. The van der Waals surface area contributed by atoms with Crippen molar-refractivity contribution < 1.29 is 15.0 Å². The Morgan fingerprint density at radius 2 is 1.92 bits per heavy atom. The van der Waals surface area contributed by atoms with Gasteiger partial charge in [0.15, 0.2) is 0 Å². The Morgan fingerprint density at radius 1 is 1.42 bits per heavy atom. The number of rotatable bonds is 4. The van der Waals surface area contributed by atoms with Crippen molar-refractivity contribution in [1.82, 2.24) is 9.80 Å². The molecule has 0 aromatic carbocycles. The predicted molar refractivity (Wildman–Crippen MR) is 45.0 cm³/mol. The molecular formula is C7H16N2O3. The first-order valence-electron chi connectivity index (χ1n) is 3.77. The van der Waals surface area contributed by atoms with Crippen LogP contribution in [0.1, 0.15) is 6.92 Å². The molecule has 1 amide bonds. The van der Waals surface area contributed by atoms with E-state index in [1.54, 1.807) is 0 Å². The molecule has 0 radical (unpaired) electrons. The zero-order valence-corrected chi connectivity index (χ0v) is 7.69. The van der Waals surface area contributed by atoms with Crippen LogP contribution in [-0.4, -0.2) is 59.5 Å². The van der Waals surface area contributed by atoms with Crippen molar-refractivity contribution in [2.75, 3.05) is 27.2 Å². The summed E-state index contributed by atoms with van der Waals surface area (Å²) >= 11 is 0. The van der Waals surface area contributed by atoms with Gasteiger partial charge in [-0.1, -0.05) is 0 Å². The Kier molecular flexibility index (Phi) is 4.61. The molecule has 1 atom stereocenters. The van der Waals surface area contributed by atoms with Crippen molar-refractivity contribution in [3.63, 3.8) is 0 Å². The Labute approximate surface area is 72.2 Å². The third-order valence-corrected chi connectivity index (χ3v) is 1.48. The monoisotopic (exact) mass is 176 g/mol. The molecule has 0 rings (SSSR count). The molecule has 0 fully saturated rings. The third kappa shape index (κ3) is 4.15. The van der Waals surface area contributed by atoms with E-state index in [9.17, 15) is 4.79 Å². The van der Waals surface area contributed by atoms with Crippen molar-refractivity contribution in [1.29, 1.82) is 0 Å². The molecule has 0 saturated heterocycles. The van der Waals surface area contributed by atoms with Gasteiger partial charge in [0, 0.05) is 13.1 Å². The summed E-state index contributed by atoms with van der Waals surface area (Å²) in [4.78, 5) is 13.3. The summed E-state index contributed by atoms with van der Waals surface area (Å²) in [5.74, 6) is 0. The van der Waals surface area contributed by atoms with Crippen LogP contribution in [0.3, 0.4) is 0 Å². The van der Waals surface area contributed by atoms with Crippen LogP contribution in [-0.2, 0) is 0 Å². The second kappa shape index (κ2) is 4.95. The van der Waals surface area contributed by atoms with Gasteiger partial charge in [-0.25, -0.2) is 4.79 Å². The Hall–Kier alpha value is -0.810. The summed E-state index contributed by atoms with van der Waals surface area (Å²) in [6.45, 7) is 2.36. The van der Waals surface area contributed by atoms with E-state index in [4.69, 9.17) is 10.2 Å². The van der Waals surface area contributed by atoms with E-state index in [1.165, 1.54) is 6.92 Å². The van der Waals surface area contributed by atoms with Gasteiger partial charge in [-0.05, 0) is 21.0 Å². The molecule has 5 heteroatoms. The smallest absolute Gasteiger partial charge is 0.409 e. The van der Waals surface area contributed by atoms with Crippen LogP contribution in [0, 0.1) is 0 Å². The molecule has 5 nitrogen and oxygen atoms in total. The maximum absolute atomic E-state index is 10.5. The quantitative estimate of drug-likeness (QED) is 0.585. The molecule has 0 aromatic rings. The molecule has 0 aliphatic carbocycles. The third-order valence-electron chi connectivity index (χ3n) is 1.48. The number of aliphatic hydroxyl groups excluding tert-OH is 1. The van der Waals surface area contributed by atoms with Crippen molar-refractivity contribution in [3.8, 4) is 0 Å². The molecule has 0 aliphatic heterocycles. The molecule has 2 N–H and O–H groups in total. The zero-order chi connectivity index (χ0) is 9.72. The van der Waals surface area contributed by atoms with Gasteiger partial charge < -0.3 is 15.1 Å². The number of carbonyl (C=O) groups is 1. The van der Waals surface area contributed by atoms with Crippen LogP contribution >= 0.6 is 0 Å². The summed E-state index contributed by atoms with van der Waals surface area (Å²) in [5, 5.41) is 17.6. The van der Waals surface area contributed by atoms with Crippen LogP contribution in [0.4, 0.5) is 4.79 Å². The second-order valence-electron chi connectivity index (χ2n) is 2.91. The summed E-state index contributed by atoms with van der Waals surface area (Å²) in [7, 11) is 3.70. The summed E-state index contributed by atoms with van der Waals surface area (Å²) in [6.07, 6.45) is -2.03. The standard InChI is InChI=1S/C7H16N2O3/c1-6(10)9(7(11)12)5-4-8(2)3/h6,10H,4-5H2,1-3H3,(H,11,12). The zero-order valence-electron chi connectivity index (χ0n) is 7.69. The Morgan fingerprint density at radius 3 is 2.17 bits per heavy atom. The van der Waals surface area contributed by atoms with E-state index in [2.05, 4.69) is 0 Å². The van der Waals surface area contributed by atoms with Crippen LogP contribution in [0.2, 0.25) is 0 Å². The highest BCUT2D eigenvalue weighted by atomic mass is 16.4. The van der Waals surface area contributed by atoms with Gasteiger partial charge in [0.1, 0.15) is 6.23 Å². The summed E-state index contributed by atoms with van der Waals surface area (Å²) < 4.78 is 0. The van der Waals surface area contributed by atoms with E-state index >= 15 is 0 Å². The average molecular weight is 176 g/mol. The van der Waals surface area contributed by atoms with Crippen LogP contribution < -0.4 is 0 Å². The molecule has 1 unspecified atom stereocenters. The molecule has 0 aliphatic rings. The number of nitrogens with zero attached hydrogens (tertiary/aromatic N) is 2. The van der Waals surface area contributed by atoms with Gasteiger partial charge in [-0.2, -0.15) is 0 Å². The Bertz CT molecular complexity index is 148. The fourth-order valence-electron chi connectivity index (χ4n) is 0.750. The Balaban J connectivity index is 3.88. The first kappa shape index (κ1) is 11.2. The first-order chi connectivity index (χ1) is 5.45. The minimum atomic E-state index is -1.09. The minimum Gasteiger partial charge on any atom is -0.465 e. The summed E-state index contributed by atoms with van der Waals surface area (Å²) in [5.41, 5.74) is 0. The fourth-order valence-corrected chi connectivity index (χ4v) is 0.750. The van der Waals surface area contributed by atoms with E-state index in [-0.39, 0.29) is 0 Å². The van der Waals surface area contributed by atoms with Gasteiger partial charge in [-0.3, -0.25) is 4.90 Å². The lowest BCUT2D eigenvalue weighted by Crippen LogP contribution is -2.41. The van der Waals surface area contributed by atoms with Crippen molar-refractivity contribution in [2.45, 2.75) is 13.2 Å². The highest BCUT2D eigenvalue weighted by Crippen LogP contribution is 1.95. The van der Waals surface area contributed by atoms with Crippen LogP contribution in [0.25, 0.3) is 0 Å². The lowest BCUT2D eigenvalue weighted by molar-refractivity contribution is 0.0222. The molecule has 0 spiro atoms. The molecule has 0 aromatic heterocycles. The van der Waals surface area contributed by atoms with Gasteiger partial charge >= 0.3 is 6.09 Å². The number of hydrogen-bond acceptors (Lipinski definition) is 3. The minimum absolute atomic E-state index is 0.319. The second-order valence-corrected chi connectivity index (χ2v) is 2.91. The lowest BCUT2D eigenvalue weighted by atomic mass is 10.4. The normalized spacial score (nSPS) is 13.1. The average Bonchev–Trinajstić information content (AvgIpc) is 1.84. The van der Waals surface area contributed by atoms with Gasteiger partial charge in [0.05, 0.1) is 0 Å². The fraction of sp³-hybridized carbons (Fsp3) is 0.857. The number of hydrogen-bond donors (Lipinski definition) is 2. The van der Waals surface area contributed by atoms with Gasteiger partial charge in [0.2, 0.25) is 0 Å². The molecule has 0 saturated carbocycles. The lowest BCUT2D eigenvalue weighted by Gasteiger charge is -2.23. The molecule has 72 valence electrons. The predicted octanol–water partition coefficient (Wildman–Crippen LogP) is -0.134. The molecular weight excluding hydrogens is 160 g/mol. The van der Waals surface area contributed by atoms with E-state index in [0.29, 0.717) is 13.1 Å². The highest BCUT2D eigenvalue weighted by molar-refractivity contribution is 5.65. The number of amides is 1. The van der Waals surface area contributed by atoms with Gasteiger partial charge in [-0.15, -0.1) is 0 Å². The number of aliphatic hydroxyl groups is 1. The molecule has 0 bridgehead atoms. The molecule has 0 heterocycles. The van der Waals surface area contributed by atoms with E-state index in [1.807, 2.05) is 19.0 Å². The van der Waals surface area contributed by atoms with Crippen molar-refractivity contribution in [3.05, 3.63) is 0 Å². The van der Waals surface area contributed by atoms with E-state index < -0.39 is 12.3 Å². The largest absolute Gasteiger partial charge is 0.465 e.